The van der Waals surface area contributed by atoms with Gasteiger partial charge in [0.25, 0.3) is 0 Å². The second kappa shape index (κ2) is 7.70. The third-order valence-electron chi connectivity index (χ3n) is 3.58. The first-order valence-electron chi connectivity index (χ1n) is 7.42. The van der Waals surface area contributed by atoms with Crippen molar-refractivity contribution in [2.24, 2.45) is 0 Å². The van der Waals surface area contributed by atoms with Crippen LogP contribution in [0.1, 0.15) is 24.5 Å². The highest BCUT2D eigenvalue weighted by Crippen LogP contribution is 2.21. The normalized spacial score (nSPS) is 10.8. The summed E-state index contributed by atoms with van der Waals surface area (Å²) in [5.41, 5.74) is 9.32. The van der Waals surface area contributed by atoms with Crippen LogP contribution in [0.2, 0.25) is 0 Å². The number of nitrogen functional groups attached to an aromatic ring is 1. The van der Waals surface area contributed by atoms with Crippen molar-refractivity contribution in [3.63, 3.8) is 0 Å². The summed E-state index contributed by atoms with van der Waals surface area (Å²) in [5, 5.41) is 0. The van der Waals surface area contributed by atoms with Crippen molar-refractivity contribution >= 4 is 5.69 Å². The minimum Gasteiger partial charge on any atom is -0.496 e. The molecule has 0 aromatic heterocycles. The molecule has 0 saturated carbocycles. The predicted molar refractivity (Wildman–Crippen MR) is 88.3 cm³/mol. The first-order valence-corrected chi connectivity index (χ1v) is 7.42. The number of anilines is 1. The molecule has 3 nitrogen and oxygen atoms in total. The van der Waals surface area contributed by atoms with E-state index in [1.54, 1.807) is 7.11 Å². The van der Waals surface area contributed by atoms with Gasteiger partial charge >= 0.3 is 0 Å². The largest absolute Gasteiger partial charge is 0.496 e. The summed E-state index contributed by atoms with van der Waals surface area (Å²) < 4.78 is 5.45. The van der Waals surface area contributed by atoms with Gasteiger partial charge in [0, 0.05) is 24.3 Å². The second-order valence-electron chi connectivity index (χ2n) is 5.22. The summed E-state index contributed by atoms with van der Waals surface area (Å²) >= 11 is 0. The molecule has 0 atom stereocenters. The second-order valence-corrected chi connectivity index (χ2v) is 5.22. The number of methoxy groups -OCH3 is 1. The van der Waals surface area contributed by atoms with Crippen LogP contribution in [-0.2, 0) is 13.1 Å². The van der Waals surface area contributed by atoms with Gasteiger partial charge in [-0.05, 0) is 30.7 Å². The van der Waals surface area contributed by atoms with Gasteiger partial charge in [-0.3, -0.25) is 4.90 Å². The average Bonchev–Trinajstić information content (AvgIpc) is 2.50. The smallest absolute Gasteiger partial charge is 0.123 e. The fraction of sp³-hybridized carbons (Fsp3) is 0.333. The summed E-state index contributed by atoms with van der Waals surface area (Å²) in [4.78, 5) is 2.41. The lowest BCUT2D eigenvalue weighted by Gasteiger charge is -2.23. The van der Waals surface area contributed by atoms with Crippen LogP contribution in [0.3, 0.4) is 0 Å². The number of para-hydroxylation sites is 2. The first kappa shape index (κ1) is 15.4. The van der Waals surface area contributed by atoms with E-state index < -0.39 is 0 Å². The van der Waals surface area contributed by atoms with E-state index in [1.807, 2.05) is 30.3 Å². The zero-order valence-corrected chi connectivity index (χ0v) is 12.9. The molecule has 0 unspecified atom stereocenters. The molecule has 0 amide bonds. The summed E-state index contributed by atoms with van der Waals surface area (Å²) in [6.07, 6.45) is 1.11. The number of rotatable bonds is 7. The Kier molecular flexibility index (Phi) is 5.64. The third kappa shape index (κ3) is 4.23. The highest BCUT2D eigenvalue weighted by atomic mass is 16.5. The van der Waals surface area contributed by atoms with Crippen molar-refractivity contribution in [1.82, 2.24) is 4.90 Å². The van der Waals surface area contributed by atoms with E-state index in [0.717, 1.165) is 37.5 Å². The number of nitrogens with zero attached hydrogens (tertiary/aromatic N) is 1. The van der Waals surface area contributed by atoms with Crippen LogP contribution in [0, 0.1) is 0 Å². The molecule has 0 saturated heterocycles. The molecule has 0 heterocycles. The highest BCUT2D eigenvalue weighted by molar-refractivity contribution is 5.46. The van der Waals surface area contributed by atoms with Crippen molar-refractivity contribution in [3.8, 4) is 5.75 Å². The van der Waals surface area contributed by atoms with Crippen LogP contribution in [0.15, 0.2) is 48.5 Å². The molecule has 2 rings (SSSR count). The van der Waals surface area contributed by atoms with Crippen molar-refractivity contribution in [1.29, 1.82) is 0 Å². The number of ether oxygens (including phenoxy) is 1. The van der Waals surface area contributed by atoms with E-state index in [4.69, 9.17) is 10.5 Å². The van der Waals surface area contributed by atoms with Crippen LogP contribution in [-0.4, -0.2) is 18.6 Å². The van der Waals surface area contributed by atoms with Crippen molar-refractivity contribution in [3.05, 3.63) is 59.7 Å². The molecule has 0 aliphatic rings. The number of hydrogen-bond acceptors (Lipinski definition) is 3. The fourth-order valence-corrected chi connectivity index (χ4v) is 2.52. The Hall–Kier alpha value is -2.00. The monoisotopic (exact) mass is 284 g/mol. The van der Waals surface area contributed by atoms with Crippen molar-refractivity contribution < 1.29 is 4.74 Å². The van der Waals surface area contributed by atoms with E-state index in [-0.39, 0.29) is 0 Å². The summed E-state index contributed by atoms with van der Waals surface area (Å²) in [5.74, 6) is 0.944. The van der Waals surface area contributed by atoms with Crippen molar-refractivity contribution in [2.45, 2.75) is 26.4 Å². The summed E-state index contributed by atoms with van der Waals surface area (Å²) in [6, 6.07) is 16.3. The Bertz CT molecular complexity index is 569. The Morgan fingerprint density at radius 2 is 1.57 bits per heavy atom. The first-order chi connectivity index (χ1) is 10.2. The van der Waals surface area contributed by atoms with Gasteiger partial charge in [-0.2, -0.15) is 0 Å². The maximum atomic E-state index is 6.06. The maximum absolute atomic E-state index is 6.06. The van der Waals surface area contributed by atoms with Gasteiger partial charge in [0.2, 0.25) is 0 Å². The predicted octanol–water partition coefficient (Wildman–Crippen LogP) is 3.69. The summed E-state index contributed by atoms with van der Waals surface area (Å²) in [7, 11) is 1.72. The molecule has 2 aromatic rings. The van der Waals surface area contributed by atoms with Crippen molar-refractivity contribution in [2.75, 3.05) is 19.4 Å². The molecule has 0 spiro atoms. The van der Waals surface area contributed by atoms with Crippen LogP contribution in [0.25, 0.3) is 0 Å². The minimum absolute atomic E-state index is 0.860. The van der Waals surface area contributed by atoms with E-state index in [0.29, 0.717) is 0 Å². The molecule has 0 fully saturated rings. The quantitative estimate of drug-likeness (QED) is 0.788. The van der Waals surface area contributed by atoms with E-state index in [9.17, 15) is 0 Å². The molecule has 3 heteroatoms. The molecular weight excluding hydrogens is 260 g/mol. The number of benzene rings is 2. The zero-order chi connectivity index (χ0) is 15.1. The number of nitrogens with two attached hydrogens (primary N) is 1. The molecular formula is C18H24N2O. The van der Waals surface area contributed by atoms with Gasteiger partial charge in [-0.1, -0.05) is 43.3 Å². The van der Waals surface area contributed by atoms with Gasteiger partial charge in [-0.25, -0.2) is 0 Å². The Balaban J connectivity index is 2.14. The standard InChI is InChI=1S/C18H24N2O/c1-3-12-20(13-15-8-4-6-10-17(15)19)14-16-9-5-7-11-18(16)21-2/h4-11H,3,12-14,19H2,1-2H3. The molecule has 2 aromatic carbocycles. The SMILES string of the molecule is CCCN(Cc1ccccc1N)Cc1ccccc1OC. The summed E-state index contributed by atoms with van der Waals surface area (Å²) in [6.45, 7) is 4.96. The lowest BCUT2D eigenvalue weighted by molar-refractivity contribution is 0.253. The Morgan fingerprint density at radius 3 is 2.24 bits per heavy atom. The molecule has 0 aliphatic carbocycles. The number of hydrogen-bond donors (Lipinski definition) is 1. The van der Waals surface area contributed by atoms with Gasteiger partial charge in [-0.15, -0.1) is 0 Å². The third-order valence-corrected chi connectivity index (χ3v) is 3.58. The zero-order valence-electron chi connectivity index (χ0n) is 12.9. The van der Waals surface area contributed by atoms with E-state index in [1.165, 1.54) is 11.1 Å². The van der Waals surface area contributed by atoms with Crippen LogP contribution >= 0.6 is 0 Å². The van der Waals surface area contributed by atoms with Crippen LogP contribution < -0.4 is 10.5 Å². The molecule has 0 radical (unpaired) electrons. The van der Waals surface area contributed by atoms with Gasteiger partial charge in [0.1, 0.15) is 5.75 Å². The van der Waals surface area contributed by atoms with Crippen LogP contribution in [0.5, 0.6) is 5.75 Å². The van der Waals surface area contributed by atoms with E-state index in [2.05, 4.69) is 30.0 Å². The lowest BCUT2D eigenvalue weighted by Crippen LogP contribution is -2.24. The van der Waals surface area contributed by atoms with Crippen LogP contribution in [0.4, 0.5) is 5.69 Å². The fourth-order valence-electron chi connectivity index (χ4n) is 2.52. The average molecular weight is 284 g/mol. The van der Waals surface area contributed by atoms with Gasteiger partial charge in [0.05, 0.1) is 7.11 Å². The topological polar surface area (TPSA) is 38.5 Å². The molecule has 112 valence electrons. The maximum Gasteiger partial charge on any atom is 0.123 e. The molecule has 21 heavy (non-hydrogen) atoms. The highest BCUT2D eigenvalue weighted by Gasteiger charge is 2.10. The van der Waals surface area contributed by atoms with E-state index >= 15 is 0 Å². The Morgan fingerprint density at radius 1 is 0.952 bits per heavy atom. The minimum atomic E-state index is 0.860. The molecule has 2 N–H and O–H groups in total. The Labute approximate surface area is 127 Å². The lowest BCUT2D eigenvalue weighted by atomic mass is 10.1. The molecule has 0 bridgehead atoms. The van der Waals surface area contributed by atoms with Gasteiger partial charge in [0.15, 0.2) is 0 Å². The molecule has 0 aliphatic heterocycles. The van der Waals surface area contributed by atoms with Gasteiger partial charge < -0.3 is 10.5 Å².